The second-order valence-corrected chi connectivity index (χ2v) is 9.84. The van der Waals surface area contributed by atoms with Crippen molar-refractivity contribution >= 4 is 44.8 Å². The van der Waals surface area contributed by atoms with Crippen LogP contribution >= 0.6 is 23.2 Å². The first-order chi connectivity index (χ1) is 15.2. The fourth-order valence-electron chi connectivity index (χ4n) is 3.08. The number of nitrogens with one attached hydrogen (secondary N) is 1. The lowest BCUT2D eigenvalue weighted by Gasteiger charge is -2.23. The largest absolute Gasteiger partial charge is 0.495 e. The molecule has 1 amide bonds. The third kappa shape index (κ3) is 5.81. The van der Waals surface area contributed by atoms with E-state index in [1.807, 2.05) is 6.07 Å². The number of aryl methyl sites for hydroxylation is 1. The maximum absolute atomic E-state index is 13.6. The molecule has 0 aliphatic carbocycles. The maximum atomic E-state index is 13.6. The average Bonchev–Trinajstić information content (AvgIpc) is 2.76. The molecule has 168 valence electrons. The highest BCUT2D eigenvalue weighted by atomic mass is 35.5. The molecule has 0 bridgehead atoms. The molecule has 3 aromatic rings. The molecule has 3 rings (SSSR count). The number of anilines is 1. The zero-order valence-electron chi connectivity index (χ0n) is 17.5. The summed E-state index contributed by atoms with van der Waals surface area (Å²) in [4.78, 5) is 12.8. The minimum atomic E-state index is -4.08. The van der Waals surface area contributed by atoms with Gasteiger partial charge in [0.2, 0.25) is 15.9 Å². The van der Waals surface area contributed by atoms with Gasteiger partial charge >= 0.3 is 0 Å². The fourth-order valence-corrected chi connectivity index (χ4v) is 5.16. The molecule has 0 aliphatic heterocycles. The number of methoxy groups -OCH3 is 1. The highest BCUT2D eigenvalue weighted by Crippen LogP contribution is 2.29. The van der Waals surface area contributed by atoms with Gasteiger partial charge in [-0.15, -0.1) is 0 Å². The number of carbonyl (C=O) groups is 1. The second kappa shape index (κ2) is 10.4. The number of ether oxygens (including phenoxy) is 1. The Balaban J connectivity index is 1.95. The molecule has 32 heavy (non-hydrogen) atoms. The van der Waals surface area contributed by atoms with Crippen LogP contribution in [0.25, 0.3) is 0 Å². The number of hydrogen-bond acceptors (Lipinski definition) is 4. The predicted octanol–water partition coefficient (Wildman–Crippen LogP) is 5.14. The molecular weight excluding hydrogens is 471 g/mol. The van der Waals surface area contributed by atoms with E-state index in [1.165, 1.54) is 19.2 Å². The Morgan fingerprint density at radius 3 is 2.41 bits per heavy atom. The van der Waals surface area contributed by atoms with Crippen LogP contribution in [0.5, 0.6) is 5.75 Å². The standard InChI is InChI=1S/C23H22Cl2N2O4S/c1-16-8-11-21(31-2)22(12-16)32(29,30)27(14-17-6-4-3-5-7-17)15-23(28)26-20-10-9-18(24)13-19(20)25/h3-13H,14-15H2,1-2H3,(H,26,28). The molecule has 1 N–H and O–H groups in total. The van der Waals surface area contributed by atoms with E-state index in [0.29, 0.717) is 10.7 Å². The van der Waals surface area contributed by atoms with Crippen molar-refractivity contribution in [1.29, 1.82) is 0 Å². The van der Waals surface area contributed by atoms with Crippen LogP contribution in [0.15, 0.2) is 71.6 Å². The molecule has 0 heterocycles. The van der Waals surface area contributed by atoms with Crippen molar-refractivity contribution < 1.29 is 17.9 Å². The van der Waals surface area contributed by atoms with Crippen LogP contribution in [-0.4, -0.2) is 32.3 Å². The Bertz CT molecular complexity index is 1220. The lowest BCUT2D eigenvalue weighted by Crippen LogP contribution is -2.37. The van der Waals surface area contributed by atoms with Crippen molar-refractivity contribution in [1.82, 2.24) is 4.31 Å². The second-order valence-electron chi connectivity index (χ2n) is 7.09. The van der Waals surface area contributed by atoms with Gasteiger partial charge in [0.05, 0.1) is 24.4 Å². The first kappa shape index (κ1) is 24.1. The van der Waals surface area contributed by atoms with Crippen molar-refractivity contribution in [2.24, 2.45) is 0 Å². The number of hydrogen-bond donors (Lipinski definition) is 1. The highest BCUT2D eigenvalue weighted by Gasteiger charge is 2.30. The van der Waals surface area contributed by atoms with E-state index < -0.39 is 22.5 Å². The summed E-state index contributed by atoms with van der Waals surface area (Å²) in [5, 5.41) is 3.33. The summed E-state index contributed by atoms with van der Waals surface area (Å²) < 4.78 is 33.6. The number of amides is 1. The summed E-state index contributed by atoms with van der Waals surface area (Å²) in [5.41, 5.74) is 1.83. The molecule has 0 saturated heterocycles. The smallest absolute Gasteiger partial charge is 0.247 e. The normalized spacial score (nSPS) is 11.4. The number of sulfonamides is 1. The van der Waals surface area contributed by atoms with Gasteiger partial charge in [0.25, 0.3) is 0 Å². The van der Waals surface area contributed by atoms with E-state index in [4.69, 9.17) is 27.9 Å². The molecule has 0 fully saturated rings. The molecule has 6 nitrogen and oxygen atoms in total. The molecule has 3 aromatic carbocycles. The zero-order chi connectivity index (χ0) is 23.3. The van der Waals surface area contributed by atoms with E-state index in [1.54, 1.807) is 55.5 Å². The highest BCUT2D eigenvalue weighted by molar-refractivity contribution is 7.89. The molecule has 0 atom stereocenters. The Labute approximate surface area is 197 Å². The molecule has 0 aliphatic rings. The molecule has 0 spiro atoms. The molecule has 9 heteroatoms. The zero-order valence-corrected chi connectivity index (χ0v) is 19.8. The Morgan fingerprint density at radius 1 is 1.03 bits per heavy atom. The van der Waals surface area contributed by atoms with Crippen LogP contribution in [0, 0.1) is 6.92 Å². The summed E-state index contributed by atoms with van der Waals surface area (Å²) >= 11 is 12.0. The number of nitrogens with zero attached hydrogens (tertiary/aromatic N) is 1. The van der Waals surface area contributed by atoms with Crippen molar-refractivity contribution in [3.63, 3.8) is 0 Å². The van der Waals surface area contributed by atoms with Crippen LogP contribution in [0.4, 0.5) is 5.69 Å². The van der Waals surface area contributed by atoms with Crippen molar-refractivity contribution in [3.8, 4) is 5.75 Å². The van der Waals surface area contributed by atoms with Crippen LogP contribution < -0.4 is 10.1 Å². The Kier molecular flexibility index (Phi) is 7.79. The number of benzene rings is 3. The van der Waals surface area contributed by atoms with Crippen LogP contribution in [0.1, 0.15) is 11.1 Å². The average molecular weight is 493 g/mol. The lowest BCUT2D eigenvalue weighted by atomic mass is 10.2. The van der Waals surface area contributed by atoms with Gasteiger partial charge in [0.15, 0.2) is 0 Å². The van der Waals surface area contributed by atoms with Gasteiger partial charge in [-0.1, -0.05) is 59.6 Å². The summed E-state index contributed by atoms with van der Waals surface area (Å²) in [6.07, 6.45) is 0. The SMILES string of the molecule is COc1ccc(C)cc1S(=O)(=O)N(CC(=O)Nc1ccc(Cl)cc1Cl)Cc1ccccc1. The van der Waals surface area contributed by atoms with E-state index >= 15 is 0 Å². The van der Waals surface area contributed by atoms with E-state index in [2.05, 4.69) is 5.32 Å². The summed E-state index contributed by atoms with van der Waals surface area (Å²) in [5.74, 6) is -0.338. The fraction of sp³-hybridized carbons (Fsp3) is 0.174. The molecule has 0 saturated carbocycles. The van der Waals surface area contributed by atoms with Gasteiger partial charge in [-0.25, -0.2) is 8.42 Å². The monoisotopic (exact) mass is 492 g/mol. The van der Waals surface area contributed by atoms with E-state index in [9.17, 15) is 13.2 Å². The van der Waals surface area contributed by atoms with Crippen molar-refractivity contribution in [3.05, 3.63) is 87.9 Å². The van der Waals surface area contributed by atoms with Gasteiger partial charge in [0, 0.05) is 11.6 Å². The van der Waals surface area contributed by atoms with E-state index in [0.717, 1.165) is 15.4 Å². The van der Waals surface area contributed by atoms with Gasteiger partial charge in [-0.3, -0.25) is 4.79 Å². The number of rotatable bonds is 8. The van der Waals surface area contributed by atoms with E-state index in [-0.39, 0.29) is 22.2 Å². The maximum Gasteiger partial charge on any atom is 0.247 e. The minimum absolute atomic E-state index is 0.00202. The van der Waals surface area contributed by atoms with Crippen LogP contribution in [-0.2, 0) is 21.4 Å². The summed E-state index contributed by atoms with van der Waals surface area (Å²) in [6, 6.07) is 18.6. The predicted molar refractivity (Wildman–Crippen MR) is 127 cm³/mol. The van der Waals surface area contributed by atoms with Gasteiger partial charge in [0.1, 0.15) is 10.6 Å². The molecule has 0 aromatic heterocycles. The third-order valence-electron chi connectivity index (χ3n) is 4.66. The molecular formula is C23H22Cl2N2O4S. The Hall–Kier alpha value is -2.58. The number of carbonyl (C=O) groups excluding carboxylic acids is 1. The van der Waals surface area contributed by atoms with Gasteiger partial charge in [-0.05, 0) is 48.4 Å². The van der Waals surface area contributed by atoms with Crippen LogP contribution in [0.3, 0.4) is 0 Å². The summed E-state index contributed by atoms with van der Waals surface area (Å²) in [6.45, 7) is 1.37. The van der Waals surface area contributed by atoms with Gasteiger partial charge < -0.3 is 10.1 Å². The van der Waals surface area contributed by atoms with Crippen molar-refractivity contribution in [2.75, 3.05) is 19.0 Å². The van der Waals surface area contributed by atoms with Gasteiger partial charge in [-0.2, -0.15) is 4.31 Å². The topological polar surface area (TPSA) is 75.7 Å². The third-order valence-corrected chi connectivity index (χ3v) is 7.02. The first-order valence-corrected chi connectivity index (χ1v) is 11.8. The minimum Gasteiger partial charge on any atom is -0.495 e. The lowest BCUT2D eigenvalue weighted by molar-refractivity contribution is -0.116. The summed E-state index contributed by atoms with van der Waals surface area (Å²) in [7, 11) is -2.67. The molecule has 0 radical (unpaired) electrons. The first-order valence-electron chi connectivity index (χ1n) is 9.64. The quantitative estimate of drug-likeness (QED) is 0.472. The number of halogens is 2. The molecule has 0 unspecified atom stereocenters. The van der Waals surface area contributed by atoms with Crippen molar-refractivity contribution in [2.45, 2.75) is 18.4 Å². The van der Waals surface area contributed by atoms with Crippen LogP contribution in [0.2, 0.25) is 10.0 Å². The Morgan fingerprint density at radius 2 is 1.75 bits per heavy atom.